The van der Waals surface area contributed by atoms with Crippen LogP contribution >= 0.6 is 0 Å². The fraction of sp³-hybridized carbons (Fsp3) is 0.571. The summed E-state index contributed by atoms with van der Waals surface area (Å²) in [5, 5.41) is 0. The van der Waals surface area contributed by atoms with Gasteiger partial charge in [0.05, 0.1) is 6.61 Å². The van der Waals surface area contributed by atoms with Crippen LogP contribution in [0.2, 0.25) is 0 Å². The lowest BCUT2D eigenvalue weighted by Gasteiger charge is -2.23. The third-order valence-electron chi connectivity index (χ3n) is 3.73. The molecule has 1 aromatic carbocycles. The first-order valence-corrected chi connectivity index (χ1v) is 9.18. The predicted octanol–water partition coefficient (Wildman–Crippen LogP) is 3.88. The number of rotatable bonds is 10. The smallest absolute Gasteiger partial charge is 0.317 e. The molecule has 0 heterocycles. The van der Waals surface area contributed by atoms with Crippen LogP contribution in [0.1, 0.15) is 58.9 Å². The topological polar surface area (TPSA) is 69.7 Å². The van der Waals surface area contributed by atoms with Crippen LogP contribution in [0, 0.1) is 5.92 Å². The molecule has 144 valence electrons. The molecule has 0 aliphatic heterocycles. The Morgan fingerprint density at radius 2 is 1.69 bits per heavy atom. The lowest BCUT2D eigenvalue weighted by molar-refractivity contribution is -0.162. The number of unbranched alkanes of at least 4 members (excludes halogenated alkanes) is 1. The highest BCUT2D eigenvalue weighted by molar-refractivity contribution is 6.00. The van der Waals surface area contributed by atoms with Crippen molar-refractivity contribution in [2.45, 2.75) is 65.4 Å². The van der Waals surface area contributed by atoms with Gasteiger partial charge in [-0.15, -0.1) is 0 Å². The maximum Gasteiger partial charge on any atom is 0.317 e. The zero-order chi connectivity index (χ0) is 19.6. The van der Waals surface area contributed by atoms with E-state index in [4.69, 9.17) is 9.47 Å². The summed E-state index contributed by atoms with van der Waals surface area (Å²) in [6.45, 7) is 7.47. The molecule has 0 saturated heterocycles. The van der Waals surface area contributed by atoms with Crippen molar-refractivity contribution in [1.82, 2.24) is 0 Å². The monoisotopic (exact) mass is 362 g/mol. The molecule has 0 aliphatic carbocycles. The third-order valence-corrected chi connectivity index (χ3v) is 3.73. The van der Waals surface area contributed by atoms with Gasteiger partial charge >= 0.3 is 11.9 Å². The molecule has 1 rings (SSSR count). The lowest BCUT2D eigenvalue weighted by atomic mass is 9.92. The fourth-order valence-corrected chi connectivity index (χ4v) is 2.55. The normalized spacial score (nSPS) is 12.3. The first-order valence-electron chi connectivity index (χ1n) is 9.18. The van der Waals surface area contributed by atoms with E-state index in [9.17, 15) is 14.4 Å². The van der Waals surface area contributed by atoms with Crippen molar-refractivity contribution in [3.63, 3.8) is 0 Å². The first kappa shape index (κ1) is 21.9. The molecule has 0 aliphatic rings. The molecule has 5 nitrogen and oxygen atoms in total. The Balaban J connectivity index is 2.67. The van der Waals surface area contributed by atoms with Gasteiger partial charge in [-0.2, -0.15) is 0 Å². The quantitative estimate of drug-likeness (QED) is 0.359. The molecular formula is C21H30O5. The molecular weight excluding hydrogens is 332 g/mol. The van der Waals surface area contributed by atoms with Gasteiger partial charge in [-0.3, -0.25) is 14.4 Å². The van der Waals surface area contributed by atoms with Crippen LogP contribution in [0.15, 0.2) is 30.3 Å². The first-order chi connectivity index (χ1) is 12.2. The molecule has 26 heavy (non-hydrogen) atoms. The number of ketones is 1. The number of hydrogen-bond acceptors (Lipinski definition) is 5. The summed E-state index contributed by atoms with van der Waals surface area (Å²) in [5.41, 5.74) is 0.227. The van der Waals surface area contributed by atoms with E-state index in [1.165, 1.54) is 0 Å². The molecule has 1 unspecified atom stereocenters. The summed E-state index contributed by atoms with van der Waals surface area (Å²) in [4.78, 5) is 36.6. The van der Waals surface area contributed by atoms with Crippen LogP contribution in [0.3, 0.4) is 0 Å². The van der Waals surface area contributed by atoms with Crippen molar-refractivity contribution >= 4 is 17.7 Å². The molecule has 5 heteroatoms. The lowest BCUT2D eigenvalue weighted by Crippen LogP contribution is -2.33. The van der Waals surface area contributed by atoms with Crippen LogP contribution in [-0.2, 0) is 30.3 Å². The number of carbonyl (C=O) groups is 3. The summed E-state index contributed by atoms with van der Waals surface area (Å²) >= 11 is 0. The highest BCUT2D eigenvalue weighted by Crippen LogP contribution is 2.19. The molecule has 0 aromatic heterocycles. The minimum absolute atomic E-state index is 0.151. The van der Waals surface area contributed by atoms with Gasteiger partial charge in [0, 0.05) is 12.8 Å². The van der Waals surface area contributed by atoms with E-state index in [1.54, 1.807) is 27.7 Å². The van der Waals surface area contributed by atoms with Gasteiger partial charge in [-0.05, 0) is 46.1 Å². The van der Waals surface area contributed by atoms with Crippen molar-refractivity contribution in [2.24, 2.45) is 5.92 Å². The third kappa shape index (κ3) is 8.79. The van der Waals surface area contributed by atoms with Crippen LogP contribution in [-0.4, -0.2) is 29.9 Å². The van der Waals surface area contributed by atoms with Gasteiger partial charge in [0.15, 0.2) is 5.78 Å². The van der Waals surface area contributed by atoms with E-state index in [2.05, 4.69) is 0 Å². The van der Waals surface area contributed by atoms with E-state index in [0.29, 0.717) is 32.3 Å². The zero-order valence-electron chi connectivity index (χ0n) is 16.2. The number of carbonyl (C=O) groups excluding carboxylic acids is 3. The Hall–Kier alpha value is -2.17. The summed E-state index contributed by atoms with van der Waals surface area (Å²) < 4.78 is 10.3. The van der Waals surface area contributed by atoms with E-state index in [1.807, 2.05) is 30.3 Å². The van der Waals surface area contributed by atoms with Crippen LogP contribution < -0.4 is 0 Å². The molecule has 0 amide bonds. The van der Waals surface area contributed by atoms with Crippen LogP contribution in [0.25, 0.3) is 0 Å². The molecule has 0 fully saturated rings. The van der Waals surface area contributed by atoms with Gasteiger partial charge in [0.25, 0.3) is 0 Å². The second-order valence-electron chi connectivity index (χ2n) is 7.27. The van der Waals surface area contributed by atoms with Crippen molar-refractivity contribution < 1.29 is 23.9 Å². The summed E-state index contributed by atoms with van der Waals surface area (Å²) in [6, 6.07) is 9.35. The van der Waals surface area contributed by atoms with Gasteiger partial charge in [-0.25, -0.2) is 0 Å². The fourth-order valence-electron chi connectivity index (χ4n) is 2.55. The van der Waals surface area contributed by atoms with E-state index < -0.39 is 17.5 Å². The highest BCUT2D eigenvalue weighted by Gasteiger charge is 2.30. The van der Waals surface area contributed by atoms with E-state index >= 15 is 0 Å². The maximum absolute atomic E-state index is 12.7. The SMILES string of the molecule is CCOC(=O)CCCCC(C(=O)Cc1ccccc1)C(=O)OC(C)(C)C. The van der Waals surface area contributed by atoms with Gasteiger partial charge < -0.3 is 9.47 Å². The van der Waals surface area contributed by atoms with Crippen molar-refractivity contribution in [3.8, 4) is 0 Å². The highest BCUT2D eigenvalue weighted by atomic mass is 16.6. The van der Waals surface area contributed by atoms with Crippen molar-refractivity contribution in [3.05, 3.63) is 35.9 Å². The summed E-state index contributed by atoms with van der Waals surface area (Å²) in [6.07, 6.45) is 2.03. The van der Waals surface area contributed by atoms with E-state index in [-0.39, 0.29) is 18.2 Å². The Bertz CT molecular complexity index is 586. The number of benzene rings is 1. The molecule has 0 saturated carbocycles. The predicted molar refractivity (Wildman–Crippen MR) is 99.6 cm³/mol. The zero-order valence-corrected chi connectivity index (χ0v) is 16.2. The second kappa shape index (κ2) is 10.7. The summed E-state index contributed by atoms with van der Waals surface area (Å²) in [7, 11) is 0. The van der Waals surface area contributed by atoms with Crippen LogP contribution in [0.4, 0.5) is 0 Å². The largest absolute Gasteiger partial charge is 0.466 e. The molecule has 1 aromatic rings. The Morgan fingerprint density at radius 1 is 1.04 bits per heavy atom. The average Bonchev–Trinajstić information content (AvgIpc) is 2.54. The van der Waals surface area contributed by atoms with Gasteiger partial charge in [0.2, 0.25) is 0 Å². The Kier molecular flexibility index (Phi) is 9.03. The Labute approximate surface area is 156 Å². The van der Waals surface area contributed by atoms with Crippen molar-refractivity contribution in [2.75, 3.05) is 6.61 Å². The maximum atomic E-state index is 12.7. The molecule has 0 radical (unpaired) electrons. The minimum atomic E-state index is -0.809. The van der Waals surface area contributed by atoms with Gasteiger partial charge in [-0.1, -0.05) is 36.8 Å². The molecule has 1 atom stereocenters. The summed E-state index contributed by atoms with van der Waals surface area (Å²) in [5.74, 6) is -1.70. The second-order valence-corrected chi connectivity index (χ2v) is 7.27. The number of esters is 2. The molecule has 0 spiro atoms. The number of ether oxygens (including phenoxy) is 2. The molecule has 0 N–H and O–H groups in total. The van der Waals surface area contributed by atoms with Crippen LogP contribution in [0.5, 0.6) is 0 Å². The van der Waals surface area contributed by atoms with Crippen molar-refractivity contribution in [1.29, 1.82) is 0 Å². The Morgan fingerprint density at radius 3 is 2.27 bits per heavy atom. The molecule has 0 bridgehead atoms. The minimum Gasteiger partial charge on any atom is -0.466 e. The standard InChI is InChI=1S/C21H30O5/c1-5-25-19(23)14-10-9-13-17(20(24)26-21(2,3)4)18(22)15-16-11-7-6-8-12-16/h6-8,11-12,17H,5,9-10,13-15H2,1-4H3. The van der Waals surface area contributed by atoms with E-state index in [0.717, 1.165) is 5.56 Å². The number of Topliss-reactive ketones (excluding diaryl/α,β-unsaturated/α-hetero) is 1. The van der Waals surface area contributed by atoms with Gasteiger partial charge in [0.1, 0.15) is 11.5 Å². The average molecular weight is 362 g/mol. The number of hydrogen-bond donors (Lipinski definition) is 0.